The zero-order chi connectivity index (χ0) is 18.1. The standard InChI is InChI=1S/C16H9FN2O4S2/c17-10-2-4-11(5-3-10)18-15(21)14(25-16(18)24)8-9-1-6-13(20)12(7-9)19(22)23/h1-8,20H/p-1/b14-8-. The summed E-state index contributed by atoms with van der Waals surface area (Å²) in [4.78, 5) is 24.1. The van der Waals surface area contributed by atoms with E-state index in [-0.39, 0.29) is 9.23 Å². The van der Waals surface area contributed by atoms with E-state index in [2.05, 4.69) is 0 Å². The first kappa shape index (κ1) is 17.1. The van der Waals surface area contributed by atoms with Crippen LogP contribution in [0.5, 0.6) is 5.75 Å². The molecule has 0 saturated carbocycles. The second kappa shape index (κ2) is 6.61. The highest BCUT2D eigenvalue weighted by molar-refractivity contribution is 8.27. The van der Waals surface area contributed by atoms with E-state index in [1.54, 1.807) is 0 Å². The Hall–Kier alpha value is -2.78. The predicted molar refractivity (Wildman–Crippen MR) is 94.6 cm³/mol. The summed E-state index contributed by atoms with van der Waals surface area (Å²) in [6, 6.07) is 8.86. The number of benzene rings is 2. The molecule has 6 nitrogen and oxygen atoms in total. The molecule has 126 valence electrons. The Bertz CT molecular complexity index is 928. The van der Waals surface area contributed by atoms with Gasteiger partial charge in [-0.15, -0.1) is 0 Å². The van der Waals surface area contributed by atoms with E-state index < -0.39 is 28.1 Å². The van der Waals surface area contributed by atoms with Gasteiger partial charge in [0.15, 0.2) is 4.32 Å². The van der Waals surface area contributed by atoms with Gasteiger partial charge in [-0.1, -0.05) is 36.1 Å². The minimum Gasteiger partial charge on any atom is -0.868 e. The van der Waals surface area contributed by atoms with Crippen LogP contribution in [0.3, 0.4) is 0 Å². The van der Waals surface area contributed by atoms with Crippen molar-refractivity contribution in [2.24, 2.45) is 0 Å². The molecule has 0 N–H and O–H groups in total. The first-order valence-corrected chi connectivity index (χ1v) is 8.08. The first-order valence-electron chi connectivity index (χ1n) is 6.86. The van der Waals surface area contributed by atoms with E-state index in [1.165, 1.54) is 41.3 Å². The fraction of sp³-hybridized carbons (Fsp3) is 0. The average Bonchev–Trinajstić information content (AvgIpc) is 2.84. The molecular formula is C16H8FN2O4S2-. The van der Waals surface area contributed by atoms with Gasteiger partial charge in [0.05, 0.1) is 15.5 Å². The molecule has 1 aliphatic heterocycles. The molecule has 1 heterocycles. The highest BCUT2D eigenvalue weighted by Gasteiger charge is 2.33. The van der Waals surface area contributed by atoms with Gasteiger partial charge in [-0.25, -0.2) is 4.39 Å². The quantitative estimate of drug-likeness (QED) is 0.354. The molecule has 0 aromatic heterocycles. The summed E-state index contributed by atoms with van der Waals surface area (Å²) in [6.07, 6.45) is 1.43. The number of thiocarbonyl (C=S) groups is 1. The van der Waals surface area contributed by atoms with Crippen LogP contribution in [0.15, 0.2) is 47.4 Å². The van der Waals surface area contributed by atoms with Crippen molar-refractivity contribution < 1.29 is 19.2 Å². The van der Waals surface area contributed by atoms with Crippen molar-refractivity contribution in [2.75, 3.05) is 4.90 Å². The summed E-state index contributed by atoms with van der Waals surface area (Å²) in [5.74, 6) is -1.56. The van der Waals surface area contributed by atoms with E-state index >= 15 is 0 Å². The Kier molecular flexibility index (Phi) is 4.51. The number of nitro benzene ring substituents is 1. The molecule has 0 atom stereocenters. The summed E-state index contributed by atoms with van der Waals surface area (Å²) in [5.41, 5.74) is 0.196. The second-order valence-electron chi connectivity index (χ2n) is 4.98. The fourth-order valence-corrected chi connectivity index (χ4v) is 3.50. The lowest BCUT2D eigenvalue weighted by Crippen LogP contribution is -2.27. The van der Waals surface area contributed by atoms with E-state index in [9.17, 15) is 24.4 Å². The van der Waals surface area contributed by atoms with Gasteiger partial charge in [0, 0.05) is 6.07 Å². The Balaban J connectivity index is 1.94. The average molecular weight is 375 g/mol. The minimum absolute atomic E-state index is 0.252. The zero-order valence-corrected chi connectivity index (χ0v) is 14.0. The topological polar surface area (TPSA) is 86.5 Å². The number of carbonyl (C=O) groups excluding carboxylic acids is 1. The number of rotatable bonds is 3. The number of thioether (sulfide) groups is 1. The number of carbonyl (C=O) groups is 1. The zero-order valence-electron chi connectivity index (χ0n) is 12.3. The molecule has 25 heavy (non-hydrogen) atoms. The Morgan fingerprint density at radius 2 is 1.88 bits per heavy atom. The second-order valence-corrected chi connectivity index (χ2v) is 6.65. The van der Waals surface area contributed by atoms with Gasteiger partial charge >= 0.3 is 0 Å². The van der Waals surface area contributed by atoms with E-state index in [4.69, 9.17) is 12.2 Å². The van der Waals surface area contributed by atoms with Crippen molar-refractivity contribution in [1.29, 1.82) is 0 Å². The molecule has 1 aliphatic rings. The van der Waals surface area contributed by atoms with Crippen LogP contribution in [0, 0.1) is 15.9 Å². The van der Waals surface area contributed by atoms with E-state index in [0.29, 0.717) is 11.3 Å². The van der Waals surface area contributed by atoms with Gasteiger partial charge in [0.1, 0.15) is 5.82 Å². The lowest BCUT2D eigenvalue weighted by Gasteiger charge is -2.14. The number of halogens is 1. The van der Waals surface area contributed by atoms with Crippen LogP contribution >= 0.6 is 24.0 Å². The van der Waals surface area contributed by atoms with Crippen LogP contribution < -0.4 is 10.0 Å². The predicted octanol–water partition coefficient (Wildman–Crippen LogP) is 3.21. The lowest BCUT2D eigenvalue weighted by molar-refractivity contribution is -0.398. The molecule has 2 aromatic carbocycles. The van der Waals surface area contributed by atoms with Gasteiger partial charge in [-0.05, 0) is 41.7 Å². The molecule has 0 radical (unpaired) electrons. The van der Waals surface area contributed by atoms with Gasteiger partial charge in [0.2, 0.25) is 0 Å². The summed E-state index contributed by atoms with van der Waals surface area (Å²) in [7, 11) is 0. The maximum Gasteiger partial charge on any atom is 0.270 e. The van der Waals surface area contributed by atoms with Crippen molar-refractivity contribution in [2.45, 2.75) is 0 Å². The van der Waals surface area contributed by atoms with Gasteiger partial charge < -0.3 is 5.11 Å². The Morgan fingerprint density at radius 1 is 1.20 bits per heavy atom. The molecule has 2 aromatic rings. The van der Waals surface area contributed by atoms with Crippen molar-refractivity contribution in [3.05, 3.63) is 68.9 Å². The van der Waals surface area contributed by atoms with E-state index in [1.807, 2.05) is 0 Å². The van der Waals surface area contributed by atoms with Crippen molar-refractivity contribution in [1.82, 2.24) is 0 Å². The number of hydrogen-bond acceptors (Lipinski definition) is 6. The normalized spacial score (nSPS) is 15.9. The Morgan fingerprint density at radius 3 is 2.52 bits per heavy atom. The summed E-state index contributed by atoms with van der Waals surface area (Å²) in [6.45, 7) is 0. The van der Waals surface area contributed by atoms with Crippen LogP contribution in [0.2, 0.25) is 0 Å². The third kappa shape index (κ3) is 3.37. The first-order chi connectivity index (χ1) is 11.9. The van der Waals surface area contributed by atoms with Crippen molar-refractivity contribution >= 4 is 51.7 Å². The third-order valence-corrected chi connectivity index (χ3v) is 4.66. The summed E-state index contributed by atoms with van der Waals surface area (Å²) in [5, 5.41) is 22.3. The number of amides is 1. The van der Waals surface area contributed by atoms with Gasteiger partial charge in [-0.3, -0.25) is 19.8 Å². The molecule has 0 spiro atoms. The molecule has 0 aliphatic carbocycles. The van der Waals surface area contributed by atoms with Crippen LogP contribution in [0.4, 0.5) is 15.8 Å². The SMILES string of the molecule is O=C1/C(=C/c2ccc([O-])c([N+](=O)[O-])c2)SC(=S)N1c1ccc(F)cc1. The molecule has 0 unspecified atom stereocenters. The molecule has 3 rings (SSSR count). The Labute approximate surface area is 150 Å². The maximum atomic E-state index is 13.0. The fourth-order valence-electron chi connectivity index (χ4n) is 2.20. The van der Waals surface area contributed by atoms with Crippen LogP contribution in [-0.2, 0) is 4.79 Å². The number of hydrogen-bond donors (Lipinski definition) is 0. The number of nitrogens with zero attached hydrogens (tertiary/aromatic N) is 2. The van der Waals surface area contributed by atoms with Crippen LogP contribution in [0.25, 0.3) is 6.08 Å². The highest BCUT2D eigenvalue weighted by atomic mass is 32.2. The maximum absolute atomic E-state index is 13.0. The molecular weight excluding hydrogens is 367 g/mol. The lowest BCUT2D eigenvalue weighted by atomic mass is 10.1. The van der Waals surface area contributed by atoms with Gasteiger partial charge in [-0.2, -0.15) is 0 Å². The molecule has 9 heteroatoms. The molecule has 1 saturated heterocycles. The van der Waals surface area contributed by atoms with Gasteiger partial charge in [0.25, 0.3) is 11.6 Å². The van der Waals surface area contributed by atoms with E-state index in [0.717, 1.165) is 23.9 Å². The molecule has 0 bridgehead atoms. The number of nitro groups is 1. The highest BCUT2D eigenvalue weighted by Crippen LogP contribution is 2.36. The van der Waals surface area contributed by atoms with Crippen LogP contribution in [0.1, 0.15) is 5.56 Å². The van der Waals surface area contributed by atoms with Crippen molar-refractivity contribution in [3.8, 4) is 5.75 Å². The summed E-state index contributed by atoms with van der Waals surface area (Å²) < 4.78 is 13.3. The smallest absolute Gasteiger partial charge is 0.270 e. The number of anilines is 1. The van der Waals surface area contributed by atoms with Crippen molar-refractivity contribution in [3.63, 3.8) is 0 Å². The third-order valence-electron chi connectivity index (χ3n) is 3.36. The molecule has 1 fully saturated rings. The molecule has 1 amide bonds. The monoisotopic (exact) mass is 375 g/mol. The minimum atomic E-state index is -0.774. The van der Waals surface area contributed by atoms with Crippen LogP contribution in [-0.4, -0.2) is 15.2 Å². The summed E-state index contributed by atoms with van der Waals surface area (Å²) >= 11 is 6.21. The largest absolute Gasteiger partial charge is 0.868 e.